The second-order valence-corrected chi connectivity index (χ2v) is 5.64. The predicted octanol–water partition coefficient (Wildman–Crippen LogP) is 1.82. The lowest BCUT2D eigenvalue weighted by atomic mass is 9.87. The van der Waals surface area contributed by atoms with Crippen LogP contribution in [0.15, 0.2) is 12.1 Å². The lowest BCUT2D eigenvalue weighted by Crippen LogP contribution is -2.42. The van der Waals surface area contributed by atoms with Crippen LogP contribution in [0.3, 0.4) is 0 Å². The van der Waals surface area contributed by atoms with Gasteiger partial charge in [0.1, 0.15) is 5.75 Å². The minimum absolute atomic E-state index is 0.612. The van der Waals surface area contributed by atoms with Gasteiger partial charge >= 0.3 is 0 Å². The summed E-state index contributed by atoms with van der Waals surface area (Å²) in [5, 5.41) is 0. The molecule has 0 aromatic carbocycles. The third kappa shape index (κ3) is 3.67. The number of pyridine rings is 1. The molecule has 0 amide bonds. The average molecular weight is 263 g/mol. The van der Waals surface area contributed by atoms with Gasteiger partial charge in [0.15, 0.2) is 0 Å². The zero-order chi connectivity index (χ0) is 13.8. The molecule has 1 fully saturated rings. The zero-order valence-corrected chi connectivity index (χ0v) is 12.2. The first-order valence-corrected chi connectivity index (χ1v) is 7.06. The van der Waals surface area contributed by atoms with Crippen LogP contribution in [0.25, 0.3) is 0 Å². The Bertz CT molecular complexity index is 422. The number of methoxy groups -OCH3 is 1. The molecule has 1 aliphatic heterocycles. The highest BCUT2D eigenvalue weighted by Gasteiger charge is 2.25. The van der Waals surface area contributed by atoms with Crippen LogP contribution >= 0.6 is 0 Å². The van der Waals surface area contributed by atoms with Gasteiger partial charge in [-0.15, -0.1) is 0 Å². The van der Waals surface area contributed by atoms with Crippen molar-refractivity contribution >= 4 is 0 Å². The predicted molar refractivity (Wildman–Crippen MR) is 77.1 cm³/mol. The van der Waals surface area contributed by atoms with E-state index in [1.165, 1.54) is 6.42 Å². The summed E-state index contributed by atoms with van der Waals surface area (Å²) in [5.74, 6) is 2.24. The standard InChI is InChI=1S/C15H25N3O/c1-11-4-5-18(9-13(11)8-16)10-14-7-15(19-3)6-12(2)17-14/h6-7,11,13H,4-5,8-10,16H2,1-3H3. The highest BCUT2D eigenvalue weighted by Crippen LogP contribution is 2.24. The molecule has 0 saturated carbocycles. The van der Waals surface area contributed by atoms with Crippen molar-refractivity contribution in [2.45, 2.75) is 26.8 Å². The third-order valence-corrected chi connectivity index (χ3v) is 4.10. The maximum absolute atomic E-state index is 5.86. The van der Waals surface area contributed by atoms with E-state index in [-0.39, 0.29) is 0 Å². The van der Waals surface area contributed by atoms with Crippen molar-refractivity contribution in [3.8, 4) is 5.75 Å². The average Bonchev–Trinajstić information content (AvgIpc) is 2.40. The number of hydrogen-bond acceptors (Lipinski definition) is 4. The maximum Gasteiger partial charge on any atom is 0.122 e. The SMILES string of the molecule is COc1cc(C)nc(CN2CCC(C)C(CN)C2)c1. The van der Waals surface area contributed by atoms with Crippen LogP contribution in [0.1, 0.15) is 24.7 Å². The minimum atomic E-state index is 0.612. The number of rotatable bonds is 4. The molecule has 4 nitrogen and oxygen atoms in total. The van der Waals surface area contributed by atoms with Crippen molar-refractivity contribution in [2.75, 3.05) is 26.7 Å². The molecule has 0 radical (unpaired) electrons. The van der Waals surface area contributed by atoms with Crippen molar-refractivity contribution in [1.29, 1.82) is 0 Å². The van der Waals surface area contributed by atoms with E-state index >= 15 is 0 Å². The van der Waals surface area contributed by atoms with Gasteiger partial charge in [-0.1, -0.05) is 6.92 Å². The van der Waals surface area contributed by atoms with Crippen molar-refractivity contribution in [3.05, 3.63) is 23.5 Å². The summed E-state index contributed by atoms with van der Waals surface area (Å²) in [6.45, 7) is 8.20. The van der Waals surface area contributed by atoms with Gasteiger partial charge in [-0.05, 0) is 38.3 Å². The van der Waals surface area contributed by atoms with Gasteiger partial charge in [0.05, 0.1) is 12.8 Å². The van der Waals surface area contributed by atoms with Crippen LogP contribution in [-0.2, 0) is 6.54 Å². The van der Waals surface area contributed by atoms with E-state index in [2.05, 4.69) is 16.8 Å². The van der Waals surface area contributed by atoms with E-state index in [1.54, 1.807) is 7.11 Å². The fourth-order valence-corrected chi connectivity index (χ4v) is 2.81. The molecule has 2 rings (SSSR count). The van der Waals surface area contributed by atoms with Crippen LogP contribution in [0.2, 0.25) is 0 Å². The van der Waals surface area contributed by atoms with E-state index in [0.717, 1.165) is 49.2 Å². The number of aryl methyl sites for hydroxylation is 1. The van der Waals surface area contributed by atoms with Gasteiger partial charge in [0, 0.05) is 30.9 Å². The summed E-state index contributed by atoms with van der Waals surface area (Å²) in [4.78, 5) is 7.05. The minimum Gasteiger partial charge on any atom is -0.497 e. The lowest BCUT2D eigenvalue weighted by Gasteiger charge is -2.36. The Hall–Kier alpha value is -1.13. The van der Waals surface area contributed by atoms with Crippen LogP contribution in [0.5, 0.6) is 5.75 Å². The van der Waals surface area contributed by atoms with Crippen LogP contribution < -0.4 is 10.5 Å². The van der Waals surface area contributed by atoms with Gasteiger partial charge < -0.3 is 10.5 Å². The molecule has 106 valence electrons. The monoisotopic (exact) mass is 263 g/mol. The van der Waals surface area contributed by atoms with Crippen molar-refractivity contribution in [3.63, 3.8) is 0 Å². The molecule has 1 saturated heterocycles. The highest BCUT2D eigenvalue weighted by atomic mass is 16.5. The van der Waals surface area contributed by atoms with Gasteiger partial charge in [-0.2, -0.15) is 0 Å². The van der Waals surface area contributed by atoms with Crippen molar-refractivity contribution in [1.82, 2.24) is 9.88 Å². The Kier molecular flexibility index (Phi) is 4.77. The summed E-state index contributed by atoms with van der Waals surface area (Å²) in [7, 11) is 1.70. The van der Waals surface area contributed by atoms with E-state index in [4.69, 9.17) is 10.5 Å². The normalized spacial score (nSPS) is 24.4. The molecule has 0 bridgehead atoms. The lowest BCUT2D eigenvalue weighted by molar-refractivity contribution is 0.125. The number of hydrogen-bond donors (Lipinski definition) is 1. The van der Waals surface area contributed by atoms with Gasteiger partial charge in [0.2, 0.25) is 0 Å². The fraction of sp³-hybridized carbons (Fsp3) is 0.667. The fourth-order valence-electron chi connectivity index (χ4n) is 2.81. The molecule has 19 heavy (non-hydrogen) atoms. The molecular formula is C15H25N3O. The molecular weight excluding hydrogens is 238 g/mol. The molecule has 0 spiro atoms. The smallest absolute Gasteiger partial charge is 0.122 e. The van der Waals surface area contributed by atoms with Crippen molar-refractivity contribution < 1.29 is 4.74 Å². The topological polar surface area (TPSA) is 51.4 Å². The molecule has 1 aromatic rings. The quantitative estimate of drug-likeness (QED) is 0.900. The number of piperidine rings is 1. The number of nitrogens with two attached hydrogens (primary N) is 1. The molecule has 1 aromatic heterocycles. The molecule has 2 atom stereocenters. The third-order valence-electron chi connectivity index (χ3n) is 4.10. The van der Waals surface area contributed by atoms with Gasteiger partial charge in [-0.3, -0.25) is 9.88 Å². The molecule has 4 heteroatoms. The Balaban J connectivity index is 2.03. The first-order valence-electron chi connectivity index (χ1n) is 7.06. The van der Waals surface area contributed by atoms with E-state index in [9.17, 15) is 0 Å². The highest BCUT2D eigenvalue weighted by molar-refractivity contribution is 5.26. The zero-order valence-electron chi connectivity index (χ0n) is 12.2. The number of likely N-dealkylation sites (tertiary alicyclic amines) is 1. The number of aromatic nitrogens is 1. The van der Waals surface area contributed by atoms with Crippen LogP contribution in [-0.4, -0.2) is 36.6 Å². The first kappa shape index (κ1) is 14.3. The maximum atomic E-state index is 5.86. The van der Waals surface area contributed by atoms with E-state index in [0.29, 0.717) is 5.92 Å². The van der Waals surface area contributed by atoms with E-state index in [1.807, 2.05) is 19.1 Å². The molecule has 0 aliphatic carbocycles. The first-order chi connectivity index (χ1) is 9.12. The van der Waals surface area contributed by atoms with Crippen LogP contribution in [0.4, 0.5) is 0 Å². The Morgan fingerprint density at radius 3 is 2.95 bits per heavy atom. The van der Waals surface area contributed by atoms with Gasteiger partial charge in [-0.25, -0.2) is 0 Å². The molecule has 2 N–H and O–H groups in total. The molecule has 2 unspecified atom stereocenters. The Morgan fingerprint density at radius 1 is 1.47 bits per heavy atom. The second-order valence-electron chi connectivity index (χ2n) is 5.64. The Labute approximate surface area is 116 Å². The van der Waals surface area contributed by atoms with E-state index < -0.39 is 0 Å². The van der Waals surface area contributed by atoms with Crippen molar-refractivity contribution in [2.24, 2.45) is 17.6 Å². The van der Waals surface area contributed by atoms with Gasteiger partial charge in [0.25, 0.3) is 0 Å². The number of nitrogens with zero attached hydrogens (tertiary/aromatic N) is 2. The van der Waals surface area contributed by atoms with Crippen LogP contribution in [0, 0.1) is 18.8 Å². The second kappa shape index (κ2) is 6.35. The summed E-state index contributed by atoms with van der Waals surface area (Å²) in [5.41, 5.74) is 7.95. The molecule has 2 heterocycles. The summed E-state index contributed by atoms with van der Waals surface area (Å²) < 4.78 is 5.31. The summed E-state index contributed by atoms with van der Waals surface area (Å²) in [6.07, 6.45) is 1.23. The summed E-state index contributed by atoms with van der Waals surface area (Å²) >= 11 is 0. The summed E-state index contributed by atoms with van der Waals surface area (Å²) in [6, 6.07) is 3.99. The Morgan fingerprint density at radius 2 is 2.26 bits per heavy atom. The largest absolute Gasteiger partial charge is 0.497 e. The number of ether oxygens (including phenoxy) is 1. The molecule has 1 aliphatic rings.